The number of carboxylic acid groups (broad SMARTS) is 1. The first kappa shape index (κ1) is 18.6. The van der Waals surface area contributed by atoms with E-state index in [0.717, 1.165) is 0 Å². The Morgan fingerprint density at radius 3 is 2.32 bits per heavy atom. The molecule has 2 aromatic carbocycles. The SMILES string of the molecule is Cc1cc(NC(=O)C(C)(C)Oc2ccc(Cl)cc2)cc(C(=O)O)c1O. The van der Waals surface area contributed by atoms with Gasteiger partial charge in [-0.1, -0.05) is 11.6 Å². The van der Waals surface area contributed by atoms with Crippen LogP contribution < -0.4 is 10.1 Å². The molecule has 0 aliphatic carbocycles. The summed E-state index contributed by atoms with van der Waals surface area (Å²) in [4.78, 5) is 23.7. The zero-order valence-electron chi connectivity index (χ0n) is 14.0. The summed E-state index contributed by atoms with van der Waals surface area (Å²) in [6.07, 6.45) is 0. The number of carboxylic acids is 1. The first-order chi connectivity index (χ1) is 11.6. The first-order valence-corrected chi connectivity index (χ1v) is 7.81. The fourth-order valence-electron chi connectivity index (χ4n) is 2.14. The normalized spacial score (nSPS) is 11.0. The molecule has 0 radical (unpaired) electrons. The molecule has 0 bridgehead atoms. The summed E-state index contributed by atoms with van der Waals surface area (Å²) >= 11 is 5.82. The quantitative estimate of drug-likeness (QED) is 0.701. The second-order valence-corrected chi connectivity index (χ2v) is 6.45. The van der Waals surface area contributed by atoms with E-state index in [4.69, 9.17) is 21.4 Å². The van der Waals surface area contributed by atoms with Crippen LogP contribution in [0.5, 0.6) is 11.5 Å². The monoisotopic (exact) mass is 363 g/mol. The van der Waals surface area contributed by atoms with Gasteiger partial charge in [0.2, 0.25) is 0 Å². The predicted octanol–water partition coefficient (Wildman–Crippen LogP) is 3.85. The summed E-state index contributed by atoms with van der Waals surface area (Å²) in [6.45, 7) is 4.72. The number of phenols is 1. The first-order valence-electron chi connectivity index (χ1n) is 7.43. The Hall–Kier alpha value is -2.73. The van der Waals surface area contributed by atoms with Crippen molar-refractivity contribution in [3.05, 3.63) is 52.5 Å². The largest absolute Gasteiger partial charge is 0.507 e. The molecule has 0 heterocycles. The lowest BCUT2D eigenvalue weighted by Crippen LogP contribution is -2.42. The van der Waals surface area contributed by atoms with Gasteiger partial charge in [-0.3, -0.25) is 4.79 Å². The highest BCUT2D eigenvalue weighted by molar-refractivity contribution is 6.30. The Balaban J connectivity index is 2.20. The number of aryl methyl sites for hydroxylation is 1. The summed E-state index contributed by atoms with van der Waals surface area (Å²) in [5, 5.41) is 22.1. The lowest BCUT2D eigenvalue weighted by atomic mass is 10.1. The van der Waals surface area contributed by atoms with Crippen LogP contribution >= 0.6 is 11.6 Å². The second kappa shape index (κ2) is 7.03. The highest BCUT2D eigenvalue weighted by atomic mass is 35.5. The van der Waals surface area contributed by atoms with Crippen molar-refractivity contribution in [2.75, 3.05) is 5.32 Å². The van der Waals surface area contributed by atoms with E-state index in [2.05, 4.69) is 5.32 Å². The van der Waals surface area contributed by atoms with Crippen LogP contribution in [0.4, 0.5) is 5.69 Å². The second-order valence-electron chi connectivity index (χ2n) is 6.01. The van der Waals surface area contributed by atoms with Crippen molar-refractivity contribution in [1.29, 1.82) is 0 Å². The van der Waals surface area contributed by atoms with Crippen LogP contribution in [0.3, 0.4) is 0 Å². The molecule has 2 rings (SSSR count). The van der Waals surface area contributed by atoms with Crippen molar-refractivity contribution >= 4 is 29.2 Å². The fourth-order valence-corrected chi connectivity index (χ4v) is 2.27. The molecule has 132 valence electrons. The third-order valence-corrected chi connectivity index (χ3v) is 3.77. The van der Waals surface area contributed by atoms with Crippen molar-refractivity contribution < 1.29 is 24.5 Å². The molecule has 0 spiro atoms. The van der Waals surface area contributed by atoms with Gasteiger partial charge < -0.3 is 20.3 Å². The lowest BCUT2D eigenvalue weighted by Gasteiger charge is -2.25. The van der Waals surface area contributed by atoms with Gasteiger partial charge in [-0.05, 0) is 62.7 Å². The van der Waals surface area contributed by atoms with Crippen molar-refractivity contribution in [3.63, 3.8) is 0 Å². The summed E-state index contributed by atoms with van der Waals surface area (Å²) in [6, 6.07) is 9.26. The maximum absolute atomic E-state index is 12.5. The Bertz CT molecular complexity index is 815. The minimum Gasteiger partial charge on any atom is -0.507 e. The van der Waals surface area contributed by atoms with Crippen LogP contribution in [0.1, 0.15) is 29.8 Å². The Kier molecular flexibility index (Phi) is 5.23. The average Bonchev–Trinajstić information content (AvgIpc) is 2.52. The number of hydrogen-bond acceptors (Lipinski definition) is 4. The van der Waals surface area contributed by atoms with Gasteiger partial charge >= 0.3 is 5.97 Å². The van der Waals surface area contributed by atoms with Gasteiger partial charge in [-0.25, -0.2) is 4.79 Å². The molecule has 0 aliphatic rings. The van der Waals surface area contributed by atoms with Gasteiger partial charge in [0.1, 0.15) is 17.1 Å². The summed E-state index contributed by atoms with van der Waals surface area (Å²) in [7, 11) is 0. The Labute approximate surface area is 150 Å². The number of rotatable bonds is 5. The standard InChI is InChI=1S/C18H18ClNO5/c1-10-8-12(9-14(15(10)21)16(22)23)20-17(24)18(2,3)25-13-6-4-11(19)5-7-13/h4-9,21H,1-3H3,(H,20,24)(H,22,23). The van der Waals surface area contributed by atoms with Crippen molar-refractivity contribution in [3.8, 4) is 11.5 Å². The molecule has 0 saturated heterocycles. The third kappa shape index (κ3) is 4.42. The third-order valence-electron chi connectivity index (χ3n) is 3.52. The maximum Gasteiger partial charge on any atom is 0.339 e. The van der Waals surface area contributed by atoms with Gasteiger partial charge in [0.15, 0.2) is 5.60 Å². The number of anilines is 1. The van der Waals surface area contributed by atoms with Crippen LogP contribution in [-0.4, -0.2) is 27.7 Å². The topological polar surface area (TPSA) is 95.9 Å². The van der Waals surface area contributed by atoms with Crippen LogP contribution in [0.15, 0.2) is 36.4 Å². The zero-order valence-corrected chi connectivity index (χ0v) is 14.7. The molecule has 25 heavy (non-hydrogen) atoms. The number of nitrogens with one attached hydrogen (secondary N) is 1. The van der Waals surface area contributed by atoms with Gasteiger partial charge in [0.05, 0.1) is 0 Å². The number of halogens is 1. The van der Waals surface area contributed by atoms with E-state index in [-0.39, 0.29) is 17.0 Å². The number of aromatic carboxylic acids is 1. The van der Waals surface area contributed by atoms with Crippen LogP contribution in [0.25, 0.3) is 0 Å². The minimum atomic E-state index is -1.28. The lowest BCUT2D eigenvalue weighted by molar-refractivity contribution is -0.128. The average molecular weight is 364 g/mol. The molecule has 0 aliphatic heterocycles. The van der Waals surface area contributed by atoms with Gasteiger partial charge in [-0.15, -0.1) is 0 Å². The van der Waals surface area contributed by atoms with E-state index < -0.39 is 17.5 Å². The van der Waals surface area contributed by atoms with Crippen molar-refractivity contribution in [1.82, 2.24) is 0 Å². The smallest absolute Gasteiger partial charge is 0.339 e. The van der Waals surface area contributed by atoms with Crippen LogP contribution in [0, 0.1) is 6.92 Å². The van der Waals surface area contributed by atoms with Crippen LogP contribution in [-0.2, 0) is 4.79 Å². The number of carbonyl (C=O) groups is 2. The summed E-state index contributed by atoms with van der Waals surface area (Å²) in [5.74, 6) is -1.61. The van der Waals surface area contributed by atoms with E-state index in [9.17, 15) is 14.7 Å². The maximum atomic E-state index is 12.5. The molecule has 0 saturated carbocycles. The number of carbonyl (C=O) groups excluding carboxylic acids is 1. The highest BCUT2D eigenvalue weighted by Crippen LogP contribution is 2.28. The molecule has 0 atom stereocenters. The van der Waals surface area contributed by atoms with Gasteiger partial charge in [0, 0.05) is 10.7 Å². The highest BCUT2D eigenvalue weighted by Gasteiger charge is 2.30. The fraction of sp³-hybridized carbons (Fsp3) is 0.222. The molecule has 2 aromatic rings. The Morgan fingerprint density at radius 1 is 1.16 bits per heavy atom. The molecule has 7 heteroatoms. The van der Waals surface area contributed by atoms with Crippen molar-refractivity contribution in [2.45, 2.75) is 26.4 Å². The molecule has 1 amide bonds. The molecular weight excluding hydrogens is 346 g/mol. The number of ether oxygens (including phenoxy) is 1. The number of hydrogen-bond donors (Lipinski definition) is 3. The van der Waals surface area contributed by atoms with Gasteiger partial charge in [-0.2, -0.15) is 0 Å². The number of amides is 1. The number of benzene rings is 2. The van der Waals surface area contributed by atoms with Crippen molar-refractivity contribution in [2.24, 2.45) is 0 Å². The van der Waals surface area contributed by atoms with E-state index in [1.54, 1.807) is 45.0 Å². The zero-order chi connectivity index (χ0) is 18.8. The number of aromatic hydroxyl groups is 1. The van der Waals surface area contributed by atoms with E-state index in [1.165, 1.54) is 12.1 Å². The van der Waals surface area contributed by atoms with E-state index >= 15 is 0 Å². The van der Waals surface area contributed by atoms with Gasteiger partial charge in [0.25, 0.3) is 5.91 Å². The predicted molar refractivity (Wildman–Crippen MR) is 94.6 cm³/mol. The molecule has 0 fully saturated rings. The molecular formula is C18H18ClNO5. The molecule has 6 nitrogen and oxygen atoms in total. The minimum absolute atomic E-state index is 0.255. The molecule has 0 unspecified atom stereocenters. The summed E-state index contributed by atoms with van der Waals surface area (Å²) < 4.78 is 5.69. The summed E-state index contributed by atoms with van der Waals surface area (Å²) in [5.41, 5.74) is -0.910. The van der Waals surface area contributed by atoms with Crippen LogP contribution in [0.2, 0.25) is 5.02 Å². The van der Waals surface area contributed by atoms with E-state index in [1.807, 2.05) is 0 Å². The Morgan fingerprint density at radius 2 is 1.76 bits per heavy atom. The van der Waals surface area contributed by atoms with E-state index in [0.29, 0.717) is 16.3 Å². The molecule has 0 aromatic heterocycles. The molecule has 3 N–H and O–H groups in total.